The smallest absolute Gasteiger partial charge is 0.748 e. The van der Waals surface area contributed by atoms with Crippen molar-refractivity contribution in [3.63, 3.8) is 0 Å². The van der Waals surface area contributed by atoms with E-state index in [9.17, 15) is 18.1 Å². The maximum atomic E-state index is 11.5. The molecule has 0 rings (SSSR count). The first-order valence-electron chi connectivity index (χ1n) is 11.1. The van der Waals surface area contributed by atoms with E-state index in [4.69, 9.17) is 0 Å². The van der Waals surface area contributed by atoms with Gasteiger partial charge in [-0.15, -0.1) is 0 Å². The summed E-state index contributed by atoms with van der Waals surface area (Å²) in [6.45, 7) is 4.37. The maximum absolute atomic E-state index is 11.5. The Bertz CT molecular complexity index is 401. The third kappa shape index (κ3) is 19.2. The second kappa shape index (κ2) is 20.8. The molecule has 0 aromatic carbocycles. The predicted molar refractivity (Wildman–Crippen MR) is 109 cm³/mol. The van der Waals surface area contributed by atoms with E-state index in [1.807, 2.05) is 0 Å². The van der Waals surface area contributed by atoms with E-state index >= 15 is 0 Å². The van der Waals surface area contributed by atoms with Gasteiger partial charge in [0.2, 0.25) is 0 Å². The minimum absolute atomic E-state index is 0. The topological polar surface area (TPSA) is 77.4 Å². The molecule has 0 bridgehead atoms. The first-order valence-corrected chi connectivity index (χ1v) is 12.5. The summed E-state index contributed by atoms with van der Waals surface area (Å²) >= 11 is 0. The number of unbranched alkanes of at least 4 members (excludes halogenated alkanes) is 13. The van der Waals surface area contributed by atoms with Crippen LogP contribution in [0.4, 0.5) is 0 Å². The zero-order valence-electron chi connectivity index (χ0n) is 18.3. The molecule has 0 amide bonds. The van der Waals surface area contributed by atoms with Gasteiger partial charge in [0, 0.05) is 0 Å². The van der Waals surface area contributed by atoms with Gasteiger partial charge in [-0.05, 0) is 12.8 Å². The van der Waals surface area contributed by atoms with Crippen LogP contribution < -0.4 is 51.4 Å². The van der Waals surface area contributed by atoms with E-state index in [2.05, 4.69) is 13.8 Å². The molecule has 0 saturated heterocycles. The molecule has 158 valence electrons. The third-order valence-corrected chi connectivity index (χ3v) is 6.54. The summed E-state index contributed by atoms with van der Waals surface area (Å²) in [4.78, 5) is 0. The fourth-order valence-electron chi connectivity index (χ4n) is 3.50. The first-order chi connectivity index (χ1) is 12.4. The molecule has 0 aliphatic rings. The Kier molecular flexibility index (Phi) is 23.6. The second-order valence-electron chi connectivity index (χ2n) is 7.77. The minimum atomic E-state index is -4.42. The SMILES string of the molecule is CCCCCCCCCCCC(O)C(CCCCCCCC)S(=O)(=O)[O-].[K+]. The molecule has 0 saturated carbocycles. The molecule has 0 spiro atoms. The molecule has 0 aromatic heterocycles. The standard InChI is InChI=1S/C21H44O4S.K/c1-3-5-7-9-11-12-13-14-16-18-20(22)21(26(23,24)25)19-17-15-10-8-6-4-2;/h20-22H,3-19H2,1-2H3,(H,23,24,25);/q;+1/p-1. The molecule has 0 aliphatic carbocycles. The fourth-order valence-corrected chi connectivity index (χ4v) is 4.48. The van der Waals surface area contributed by atoms with Crippen LogP contribution >= 0.6 is 0 Å². The molecule has 27 heavy (non-hydrogen) atoms. The Morgan fingerprint density at radius 1 is 0.667 bits per heavy atom. The summed E-state index contributed by atoms with van der Waals surface area (Å²) in [6, 6.07) is 0. The summed E-state index contributed by atoms with van der Waals surface area (Å²) in [5.41, 5.74) is 0. The van der Waals surface area contributed by atoms with Crippen molar-refractivity contribution in [2.45, 2.75) is 134 Å². The van der Waals surface area contributed by atoms with Crippen molar-refractivity contribution in [1.29, 1.82) is 0 Å². The fraction of sp³-hybridized carbons (Fsp3) is 1.00. The molecular formula is C21H43KO4S. The Morgan fingerprint density at radius 3 is 1.37 bits per heavy atom. The van der Waals surface area contributed by atoms with Gasteiger partial charge in [-0.2, -0.15) is 0 Å². The van der Waals surface area contributed by atoms with Crippen LogP contribution in [0.1, 0.15) is 123 Å². The largest absolute Gasteiger partial charge is 1.00 e. The normalized spacial score (nSPS) is 13.9. The van der Waals surface area contributed by atoms with Gasteiger partial charge in [0.25, 0.3) is 0 Å². The van der Waals surface area contributed by atoms with Gasteiger partial charge in [-0.1, -0.05) is 110 Å². The van der Waals surface area contributed by atoms with E-state index in [0.29, 0.717) is 19.3 Å². The summed E-state index contributed by atoms with van der Waals surface area (Å²) in [5.74, 6) is 0. The van der Waals surface area contributed by atoms with Crippen molar-refractivity contribution in [3.8, 4) is 0 Å². The van der Waals surface area contributed by atoms with Crippen molar-refractivity contribution in [2.75, 3.05) is 0 Å². The molecule has 4 nitrogen and oxygen atoms in total. The van der Waals surface area contributed by atoms with Crippen LogP contribution in [-0.4, -0.2) is 29.4 Å². The van der Waals surface area contributed by atoms with E-state index < -0.39 is 21.5 Å². The predicted octanol–water partition coefficient (Wildman–Crippen LogP) is 2.94. The molecule has 1 N–H and O–H groups in total. The average Bonchev–Trinajstić information content (AvgIpc) is 2.58. The van der Waals surface area contributed by atoms with Gasteiger partial charge in [0.1, 0.15) is 10.1 Å². The van der Waals surface area contributed by atoms with Gasteiger partial charge in [-0.25, -0.2) is 8.42 Å². The Balaban J connectivity index is 0. The molecule has 0 heterocycles. The van der Waals surface area contributed by atoms with Gasteiger partial charge in [0.05, 0.1) is 11.4 Å². The first kappa shape index (κ1) is 30.7. The summed E-state index contributed by atoms with van der Waals surface area (Å²) in [5, 5.41) is 9.08. The van der Waals surface area contributed by atoms with Crippen LogP contribution in [0, 0.1) is 0 Å². The van der Waals surface area contributed by atoms with E-state index in [1.165, 1.54) is 51.4 Å². The molecule has 0 radical (unpaired) electrons. The number of hydrogen-bond acceptors (Lipinski definition) is 4. The van der Waals surface area contributed by atoms with Crippen LogP contribution in [-0.2, 0) is 10.1 Å². The van der Waals surface area contributed by atoms with Crippen molar-refractivity contribution in [3.05, 3.63) is 0 Å². The summed E-state index contributed by atoms with van der Waals surface area (Å²) in [6.07, 6.45) is 16.6. The summed E-state index contributed by atoms with van der Waals surface area (Å²) < 4.78 is 34.5. The molecule has 0 fully saturated rings. The second-order valence-corrected chi connectivity index (χ2v) is 9.36. The van der Waals surface area contributed by atoms with E-state index in [-0.39, 0.29) is 51.4 Å². The minimum Gasteiger partial charge on any atom is -0.748 e. The van der Waals surface area contributed by atoms with Crippen LogP contribution in [0.3, 0.4) is 0 Å². The number of hydrogen-bond donors (Lipinski definition) is 1. The van der Waals surface area contributed by atoms with Crippen LogP contribution in [0.5, 0.6) is 0 Å². The van der Waals surface area contributed by atoms with Crippen molar-refractivity contribution in [1.82, 2.24) is 0 Å². The van der Waals surface area contributed by atoms with Crippen molar-refractivity contribution >= 4 is 10.1 Å². The molecule has 6 heteroatoms. The molecule has 0 aromatic rings. The van der Waals surface area contributed by atoms with Crippen LogP contribution in [0.15, 0.2) is 0 Å². The van der Waals surface area contributed by atoms with Crippen molar-refractivity contribution in [2.24, 2.45) is 0 Å². The Hall–Kier alpha value is 1.51. The zero-order chi connectivity index (χ0) is 19.7. The quantitative estimate of drug-likeness (QED) is 0.194. The Morgan fingerprint density at radius 2 is 1.00 bits per heavy atom. The van der Waals surface area contributed by atoms with Crippen LogP contribution in [0.25, 0.3) is 0 Å². The van der Waals surface area contributed by atoms with Gasteiger partial charge >= 0.3 is 51.4 Å². The molecular weight excluding hydrogens is 387 g/mol. The maximum Gasteiger partial charge on any atom is 1.00 e. The molecule has 0 aliphatic heterocycles. The van der Waals surface area contributed by atoms with Crippen LogP contribution in [0.2, 0.25) is 0 Å². The Labute approximate surface area is 211 Å². The average molecular weight is 431 g/mol. The van der Waals surface area contributed by atoms with Gasteiger partial charge in [-0.3, -0.25) is 0 Å². The summed E-state index contributed by atoms with van der Waals surface area (Å²) in [7, 11) is -4.42. The van der Waals surface area contributed by atoms with Crippen molar-refractivity contribution < 1.29 is 69.5 Å². The number of aliphatic hydroxyl groups excluding tert-OH is 1. The van der Waals surface area contributed by atoms with E-state index in [0.717, 1.165) is 38.5 Å². The van der Waals surface area contributed by atoms with E-state index in [1.54, 1.807) is 0 Å². The van der Waals surface area contributed by atoms with Gasteiger partial charge < -0.3 is 9.66 Å². The number of rotatable bonds is 19. The van der Waals surface area contributed by atoms with Gasteiger partial charge in [0.15, 0.2) is 0 Å². The zero-order valence-corrected chi connectivity index (χ0v) is 22.2. The molecule has 2 atom stereocenters. The molecule has 2 unspecified atom stereocenters. The monoisotopic (exact) mass is 430 g/mol. The third-order valence-electron chi connectivity index (χ3n) is 5.25. The number of aliphatic hydroxyl groups is 1.